The minimum atomic E-state index is -3.96. The van der Waals surface area contributed by atoms with Crippen LogP contribution in [0, 0.1) is 6.92 Å². The molecule has 0 saturated carbocycles. The first kappa shape index (κ1) is 23.9. The highest BCUT2D eigenvalue weighted by atomic mass is 35.5. The second kappa shape index (κ2) is 10.7. The predicted octanol–water partition coefficient (Wildman–Crippen LogP) is 4.64. The van der Waals surface area contributed by atoms with Gasteiger partial charge in [-0.15, -0.1) is 0 Å². The Morgan fingerprint density at radius 2 is 1.66 bits per heavy atom. The van der Waals surface area contributed by atoms with E-state index >= 15 is 0 Å². The van der Waals surface area contributed by atoms with Gasteiger partial charge in [-0.2, -0.15) is 9.41 Å². The molecular weight excluding hydrogens is 469 g/mol. The van der Waals surface area contributed by atoms with Crippen LogP contribution in [0.1, 0.15) is 16.7 Å². The van der Waals surface area contributed by atoms with E-state index in [0.29, 0.717) is 15.6 Å². The average molecular weight is 490 g/mol. The first-order chi connectivity index (χ1) is 15.3. The number of rotatable bonds is 8. The summed E-state index contributed by atoms with van der Waals surface area (Å²) in [6, 6.07) is 20.2. The molecule has 0 fully saturated rings. The summed E-state index contributed by atoms with van der Waals surface area (Å²) in [5.41, 5.74) is 4.78. The van der Waals surface area contributed by atoms with E-state index in [0.717, 1.165) is 15.4 Å². The Morgan fingerprint density at radius 1 is 1.00 bits per heavy atom. The van der Waals surface area contributed by atoms with Crippen LogP contribution in [0.4, 0.5) is 0 Å². The van der Waals surface area contributed by atoms with Crippen molar-refractivity contribution in [3.05, 3.63) is 99.5 Å². The third-order valence-corrected chi connectivity index (χ3v) is 6.95. The van der Waals surface area contributed by atoms with Crippen molar-refractivity contribution >= 4 is 45.3 Å². The van der Waals surface area contributed by atoms with Gasteiger partial charge in [-0.3, -0.25) is 4.79 Å². The van der Waals surface area contributed by atoms with E-state index in [1.807, 2.05) is 31.2 Å². The molecule has 0 spiro atoms. The molecule has 0 aliphatic heterocycles. The standard InChI is InChI=1S/C23H21Cl2N3O3S/c1-17-6-8-18(9-7-17)15-28(32(30,31)21-12-10-20(24)11-13-21)16-23(29)27-26-14-19-4-2-3-5-22(19)25/h2-14H,15-16H2,1H3,(H,27,29)/b26-14-. The van der Waals surface area contributed by atoms with Gasteiger partial charge < -0.3 is 0 Å². The Labute approximate surface area is 197 Å². The van der Waals surface area contributed by atoms with Crippen molar-refractivity contribution in [2.24, 2.45) is 5.10 Å². The number of hydrogen-bond acceptors (Lipinski definition) is 4. The lowest BCUT2D eigenvalue weighted by Gasteiger charge is -2.21. The SMILES string of the molecule is Cc1ccc(CN(CC(=O)N/N=C\c2ccccc2Cl)S(=O)(=O)c2ccc(Cl)cc2)cc1. The van der Waals surface area contributed by atoms with Crippen LogP contribution in [0.5, 0.6) is 0 Å². The van der Waals surface area contributed by atoms with Gasteiger partial charge in [0.1, 0.15) is 0 Å². The maximum atomic E-state index is 13.2. The highest BCUT2D eigenvalue weighted by Crippen LogP contribution is 2.21. The zero-order chi connectivity index (χ0) is 23.1. The number of nitrogens with zero attached hydrogens (tertiary/aromatic N) is 2. The molecule has 0 unspecified atom stereocenters. The van der Waals surface area contributed by atoms with Gasteiger partial charge in [0.25, 0.3) is 5.91 Å². The second-order valence-corrected chi connectivity index (χ2v) is 9.81. The lowest BCUT2D eigenvalue weighted by atomic mass is 10.1. The molecule has 0 aromatic heterocycles. The van der Waals surface area contributed by atoms with Gasteiger partial charge in [-0.25, -0.2) is 13.8 Å². The Hall–Kier alpha value is -2.71. The van der Waals surface area contributed by atoms with Crippen molar-refractivity contribution in [1.82, 2.24) is 9.73 Å². The monoisotopic (exact) mass is 489 g/mol. The van der Waals surface area contributed by atoms with E-state index in [4.69, 9.17) is 23.2 Å². The van der Waals surface area contributed by atoms with Gasteiger partial charge in [0.2, 0.25) is 10.0 Å². The van der Waals surface area contributed by atoms with Crippen LogP contribution < -0.4 is 5.43 Å². The quantitative estimate of drug-likeness (QED) is 0.369. The van der Waals surface area contributed by atoms with Crippen molar-refractivity contribution in [1.29, 1.82) is 0 Å². The number of aryl methyl sites for hydroxylation is 1. The molecule has 3 aromatic carbocycles. The number of amides is 1. The number of carbonyl (C=O) groups excluding carboxylic acids is 1. The highest BCUT2D eigenvalue weighted by Gasteiger charge is 2.27. The summed E-state index contributed by atoms with van der Waals surface area (Å²) in [7, 11) is -3.96. The summed E-state index contributed by atoms with van der Waals surface area (Å²) in [5, 5.41) is 4.79. The van der Waals surface area contributed by atoms with Crippen LogP contribution in [0.3, 0.4) is 0 Å². The molecule has 0 heterocycles. The van der Waals surface area contributed by atoms with Crippen molar-refractivity contribution < 1.29 is 13.2 Å². The summed E-state index contributed by atoms with van der Waals surface area (Å²) in [6.07, 6.45) is 1.40. The van der Waals surface area contributed by atoms with Gasteiger partial charge in [0.15, 0.2) is 0 Å². The fourth-order valence-corrected chi connectivity index (χ4v) is 4.52. The molecule has 9 heteroatoms. The molecule has 0 aliphatic carbocycles. The Balaban J connectivity index is 1.80. The van der Waals surface area contributed by atoms with Crippen molar-refractivity contribution in [3.8, 4) is 0 Å². The zero-order valence-electron chi connectivity index (χ0n) is 17.2. The number of halogens is 2. The first-order valence-corrected chi connectivity index (χ1v) is 11.8. The summed E-state index contributed by atoms with van der Waals surface area (Å²) < 4.78 is 27.6. The van der Waals surface area contributed by atoms with E-state index in [2.05, 4.69) is 10.5 Å². The fraction of sp³-hybridized carbons (Fsp3) is 0.130. The summed E-state index contributed by atoms with van der Waals surface area (Å²) in [5.74, 6) is -0.585. The first-order valence-electron chi connectivity index (χ1n) is 9.63. The van der Waals surface area contributed by atoms with Crippen LogP contribution in [-0.4, -0.2) is 31.4 Å². The molecule has 3 aromatic rings. The molecule has 1 amide bonds. The molecule has 1 N–H and O–H groups in total. The normalized spacial score (nSPS) is 11.8. The van der Waals surface area contributed by atoms with Crippen molar-refractivity contribution in [3.63, 3.8) is 0 Å². The number of sulfonamides is 1. The molecule has 0 radical (unpaired) electrons. The van der Waals surface area contributed by atoms with Crippen LogP contribution >= 0.6 is 23.2 Å². The zero-order valence-corrected chi connectivity index (χ0v) is 19.5. The Morgan fingerprint density at radius 3 is 2.31 bits per heavy atom. The molecule has 0 aliphatic rings. The maximum absolute atomic E-state index is 13.2. The maximum Gasteiger partial charge on any atom is 0.255 e. The molecule has 0 saturated heterocycles. The smallest absolute Gasteiger partial charge is 0.255 e. The lowest BCUT2D eigenvalue weighted by Crippen LogP contribution is -2.39. The van der Waals surface area contributed by atoms with Crippen LogP contribution in [-0.2, 0) is 21.4 Å². The minimum absolute atomic E-state index is 0.0207. The molecule has 3 rings (SSSR count). The number of benzene rings is 3. The van der Waals surface area contributed by atoms with E-state index in [1.165, 1.54) is 30.5 Å². The highest BCUT2D eigenvalue weighted by molar-refractivity contribution is 7.89. The van der Waals surface area contributed by atoms with Gasteiger partial charge in [0, 0.05) is 22.2 Å². The number of hydrogen-bond donors (Lipinski definition) is 1. The third kappa shape index (κ3) is 6.40. The molecule has 0 atom stereocenters. The Kier molecular flexibility index (Phi) is 8.04. The summed E-state index contributed by atoms with van der Waals surface area (Å²) in [4.78, 5) is 12.6. The minimum Gasteiger partial charge on any atom is -0.272 e. The lowest BCUT2D eigenvalue weighted by molar-refractivity contribution is -0.121. The molecule has 6 nitrogen and oxygen atoms in total. The van der Waals surface area contributed by atoms with Crippen LogP contribution in [0.25, 0.3) is 0 Å². The van der Waals surface area contributed by atoms with Gasteiger partial charge in [0.05, 0.1) is 17.7 Å². The summed E-state index contributed by atoms with van der Waals surface area (Å²) in [6.45, 7) is 1.54. The number of nitrogens with one attached hydrogen (secondary N) is 1. The van der Waals surface area contributed by atoms with Crippen molar-refractivity contribution in [2.75, 3.05) is 6.54 Å². The van der Waals surface area contributed by atoms with E-state index in [1.54, 1.807) is 24.3 Å². The topological polar surface area (TPSA) is 78.8 Å². The predicted molar refractivity (Wildman–Crippen MR) is 127 cm³/mol. The van der Waals surface area contributed by atoms with Gasteiger partial charge in [-0.05, 0) is 42.8 Å². The molecule has 166 valence electrons. The van der Waals surface area contributed by atoms with E-state index < -0.39 is 22.5 Å². The molecule has 0 bridgehead atoms. The van der Waals surface area contributed by atoms with Gasteiger partial charge in [-0.1, -0.05) is 71.2 Å². The number of hydrazone groups is 1. The largest absolute Gasteiger partial charge is 0.272 e. The molecular formula is C23H21Cl2N3O3S. The molecule has 32 heavy (non-hydrogen) atoms. The van der Waals surface area contributed by atoms with E-state index in [9.17, 15) is 13.2 Å². The average Bonchev–Trinajstić information content (AvgIpc) is 2.76. The fourth-order valence-electron chi connectivity index (χ4n) is 2.83. The van der Waals surface area contributed by atoms with Gasteiger partial charge >= 0.3 is 0 Å². The van der Waals surface area contributed by atoms with E-state index in [-0.39, 0.29) is 11.4 Å². The Bertz CT molecular complexity index is 1210. The third-order valence-electron chi connectivity index (χ3n) is 4.55. The van der Waals surface area contributed by atoms with Crippen LogP contribution in [0.15, 0.2) is 82.8 Å². The van der Waals surface area contributed by atoms with Crippen LogP contribution in [0.2, 0.25) is 10.0 Å². The summed E-state index contributed by atoms with van der Waals surface area (Å²) >= 11 is 12.0. The second-order valence-electron chi connectivity index (χ2n) is 7.03. The number of carbonyl (C=O) groups is 1. The van der Waals surface area contributed by atoms with Crippen molar-refractivity contribution in [2.45, 2.75) is 18.4 Å².